The quantitative estimate of drug-likeness (QED) is 0.460. The molecule has 0 atom stereocenters. The van der Waals surface area contributed by atoms with Crippen LogP contribution in [0.5, 0.6) is 0 Å². The number of hydrogen-bond acceptors (Lipinski definition) is 2. The lowest BCUT2D eigenvalue weighted by Gasteiger charge is -2.16. The van der Waals surface area contributed by atoms with Crippen LogP contribution < -0.4 is 10.6 Å². The number of nitrogens with one attached hydrogen (secondary N) is 2. The van der Waals surface area contributed by atoms with Crippen molar-refractivity contribution < 1.29 is 4.79 Å². The first-order valence-electron chi connectivity index (χ1n) is 8.55. The van der Waals surface area contributed by atoms with Gasteiger partial charge in [0.05, 0.1) is 6.54 Å². The number of carbonyl (C=O) groups excluding carboxylic acids is 1. The van der Waals surface area contributed by atoms with Gasteiger partial charge in [-0.3, -0.25) is 4.79 Å². The molecule has 0 saturated carbocycles. The molecular weight excluding hydrogens is 288 g/mol. The Bertz CT molecular complexity index is 542. The summed E-state index contributed by atoms with van der Waals surface area (Å²) >= 11 is 0. The second-order valence-electron chi connectivity index (χ2n) is 5.89. The second kappa shape index (κ2) is 9.18. The van der Waals surface area contributed by atoms with Gasteiger partial charge in [0.25, 0.3) is 0 Å². The van der Waals surface area contributed by atoms with E-state index in [1.54, 1.807) is 0 Å². The lowest BCUT2D eigenvalue weighted by atomic mass is 10.1. The predicted molar refractivity (Wildman–Crippen MR) is 94.4 cm³/mol. The number of aryl methyl sites for hydroxylation is 1. The Morgan fingerprint density at radius 2 is 2.13 bits per heavy atom. The SMILES string of the molecule is CCNC(=NCc1ccccc1C)NCCCN1CCCC1=O. The van der Waals surface area contributed by atoms with Crippen LogP contribution in [-0.2, 0) is 11.3 Å². The van der Waals surface area contributed by atoms with Crippen molar-refractivity contribution in [2.45, 2.75) is 39.7 Å². The molecule has 5 heteroatoms. The highest BCUT2D eigenvalue weighted by atomic mass is 16.2. The Kier molecular flexibility index (Phi) is 6.91. The monoisotopic (exact) mass is 316 g/mol. The standard InChI is InChI=1S/C18H28N4O/c1-3-19-18(21-14-16-9-5-4-8-15(16)2)20-11-7-13-22-12-6-10-17(22)23/h4-5,8-9H,3,6-7,10-14H2,1-2H3,(H2,19,20,21). The molecule has 126 valence electrons. The summed E-state index contributed by atoms with van der Waals surface area (Å²) < 4.78 is 0. The van der Waals surface area contributed by atoms with Gasteiger partial charge < -0.3 is 15.5 Å². The molecule has 1 aromatic rings. The Morgan fingerprint density at radius 1 is 1.30 bits per heavy atom. The van der Waals surface area contributed by atoms with E-state index in [0.717, 1.165) is 45.0 Å². The topological polar surface area (TPSA) is 56.7 Å². The summed E-state index contributed by atoms with van der Waals surface area (Å²) in [7, 11) is 0. The normalized spacial score (nSPS) is 15.1. The molecule has 1 aromatic carbocycles. The van der Waals surface area contributed by atoms with Crippen LogP contribution in [0.1, 0.15) is 37.3 Å². The fourth-order valence-corrected chi connectivity index (χ4v) is 2.71. The number of guanidine groups is 1. The molecule has 0 aromatic heterocycles. The third-order valence-corrected chi connectivity index (χ3v) is 4.08. The highest BCUT2D eigenvalue weighted by Gasteiger charge is 2.18. The maximum Gasteiger partial charge on any atom is 0.222 e. The average molecular weight is 316 g/mol. The second-order valence-corrected chi connectivity index (χ2v) is 5.89. The number of amides is 1. The van der Waals surface area contributed by atoms with Crippen molar-refractivity contribution in [3.05, 3.63) is 35.4 Å². The minimum atomic E-state index is 0.296. The van der Waals surface area contributed by atoms with Gasteiger partial charge >= 0.3 is 0 Å². The van der Waals surface area contributed by atoms with Crippen LogP contribution >= 0.6 is 0 Å². The molecule has 0 spiro atoms. The van der Waals surface area contributed by atoms with Crippen LogP contribution in [0.3, 0.4) is 0 Å². The van der Waals surface area contributed by atoms with Crippen LogP contribution in [0.15, 0.2) is 29.3 Å². The summed E-state index contributed by atoms with van der Waals surface area (Å²) in [6.45, 7) is 8.26. The number of hydrogen-bond donors (Lipinski definition) is 2. The first kappa shape index (κ1) is 17.3. The van der Waals surface area contributed by atoms with Crippen LogP contribution in [-0.4, -0.2) is 42.9 Å². The van der Waals surface area contributed by atoms with Crippen molar-refractivity contribution in [2.24, 2.45) is 4.99 Å². The number of benzene rings is 1. The van der Waals surface area contributed by atoms with Gasteiger partial charge in [0.15, 0.2) is 5.96 Å². The minimum Gasteiger partial charge on any atom is -0.357 e. The highest BCUT2D eigenvalue weighted by Crippen LogP contribution is 2.09. The molecule has 1 heterocycles. The third kappa shape index (κ3) is 5.58. The Balaban J connectivity index is 1.77. The molecular formula is C18H28N4O. The fraction of sp³-hybridized carbons (Fsp3) is 0.556. The van der Waals surface area contributed by atoms with Crippen molar-refractivity contribution >= 4 is 11.9 Å². The van der Waals surface area contributed by atoms with E-state index in [-0.39, 0.29) is 0 Å². The number of likely N-dealkylation sites (tertiary alicyclic amines) is 1. The third-order valence-electron chi connectivity index (χ3n) is 4.08. The summed E-state index contributed by atoms with van der Waals surface area (Å²) in [5, 5.41) is 6.62. The molecule has 1 aliphatic heterocycles. The van der Waals surface area contributed by atoms with E-state index in [4.69, 9.17) is 0 Å². The molecule has 0 radical (unpaired) electrons. The molecule has 0 bridgehead atoms. The van der Waals surface area contributed by atoms with Crippen molar-refractivity contribution in [3.63, 3.8) is 0 Å². The van der Waals surface area contributed by atoms with Crippen molar-refractivity contribution in [2.75, 3.05) is 26.2 Å². The van der Waals surface area contributed by atoms with E-state index in [0.29, 0.717) is 18.9 Å². The van der Waals surface area contributed by atoms with Crippen molar-refractivity contribution in [3.8, 4) is 0 Å². The Labute approximate surface area is 139 Å². The first-order chi connectivity index (χ1) is 11.2. The van der Waals surface area contributed by atoms with E-state index < -0.39 is 0 Å². The van der Waals surface area contributed by atoms with E-state index in [2.05, 4.69) is 41.6 Å². The van der Waals surface area contributed by atoms with Gasteiger partial charge in [-0.1, -0.05) is 24.3 Å². The van der Waals surface area contributed by atoms with E-state index >= 15 is 0 Å². The molecule has 0 unspecified atom stereocenters. The van der Waals surface area contributed by atoms with Gasteiger partial charge in [0.2, 0.25) is 5.91 Å². The van der Waals surface area contributed by atoms with Crippen molar-refractivity contribution in [1.29, 1.82) is 0 Å². The summed E-state index contributed by atoms with van der Waals surface area (Å²) in [5.74, 6) is 1.13. The Hall–Kier alpha value is -2.04. The van der Waals surface area contributed by atoms with Crippen LogP contribution in [0.2, 0.25) is 0 Å². The maximum absolute atomic E-state index is 11.6. The van der Waals surface area contributed by atoms with Crippen LogP contribution in [0.4, 0.5) is 0 Å². The zero-order valence-electron chi connectivity index (χ0n) is 14.3. The number of carbonyl (C=O) groups is 1. The van der Waals surface area contributed by atoms with Crippen molar-refractivity contribution in [1.82, 2.24) is 15.5 Å². The lowest BCUT2D eigenvalue weighted by Crippen LogP contribution is -2.39. The number of rotatable bonds is 7. The summed E-state index contributed by atoms with van der Waals surface area (Å²) in [5.41, 5.74) is 2.51. The lowest BCUT2D eigenvalue weighted by molar-refractivity contribution is -0.127. The largest absolute Gasteiger partial charge is 0.357 e. The van der Waals surface area contributed by atoms with Crippen LogP contribution in [0.25, 0.3) is 0 Å². The minimum absolute atomic E-state index is 0.296. The zero-order chi connectivity index (χ0) is 16.5. The molecule has 1 fully saturated rings. The first-order valence-corrected chi connectivity index (χ1v) is 8.55. The van der Waals surface area contributed by atoms with E-state index in [1.165, 1.54) is 11.1 Å². The summed E-state index contributed by atoms with van der Waals surface area (Å²) in [6, 6.07) is 8.32. The van der Waals surface area contributed by atoms with E-state index in [9.17, 15) is 4.79 Å². The van der Waals surface area contributed by atoms with E-state index in [1.807, 2.05) is 17.0 Å². The molecule has 2 rings (SSSR count). The summed E-state index contributed by atoms with van der Waals surface area (Å²) in [6.07, 6.45) is 2.67. The highest BCUT2D eigenvalue weighted by molar-refractivity contribution is 5.79. The van der Waals surface area contributed by atoms with Gasteiger partial charge in [-0.05, 0) is 37.8 Å². The molecule has 1 aliphatic rings. The van der Waals surface area contributed by atoms with Gasteiger partial charge in [0.1, 0.15) is 0 Å². The fourth-order valence-electron chi connectivity index (χ4n) is 2.71. The van der Waals surface area contributed by atoms with Gasteiger partial charge in [0, 0.05) is 32.6 Å². The molecule has 5 nitrogen and oxygen atoms in total. The molecule has 2 N–H and O–H groups in total. The summed E-state index contributed by atoms with van der Waals surface area (Å²) in [4.78, 5) is 18.2. The van der Waals surface area contributed by atoms with Gasteiger partial charge in [-0.2, -0.15) is 0 Å². The molecule has 23 heavy (non-hydrogen) atoms. The smallest absolute Gasteiger partial charge is 0.222 e. The van der Waals surface area contributed by atoms with Crippen LogP contribution in [0, 0.1) is 6.92 Å². The predicted octanol–water partition coefficient (Wildman–Crippen LogP) is 2.06. The maximum atomic E-state index is 11.6. The number of aliphatic imine (C=N–C) groups is 1. The number of nitrogens with zero attached hydrogens (tertiary/aromatic N) is 2. The van der Waals surface area contributed by atoms with Gasteiger partial charge in [-0.15, -0.1) is 0 Å². The molecule has 1 saturated heterocycles. The zero-order valence-corrected chi connectivity index (χ0v) is 14.3. The van der Waals surface area contributed by atoms with Gasteiger partial charge in [-0.25, -0.2) is 4.99 Å². The average Bonchev–Trinajstić information content (AvgIpc) is 2.95. The Morgan fingerprint density at radius 3 is 2.83 bits per heavy atom. The molecule has 1 amide bonds. The molecule has 0 aliphatic carbocycles.